The van der Waals surface area contributed by atoms with Gasteiger partial charge in [-0.2, -0.15) is 9.84 Å². The average Bonchev–Trinajstić information content (AvgIpc) is 3.09. The number of fused-ring (bicyclic) bond motifs is 3. The molecule has 0 atom stereocenters. The summed E-state index contributed by atoms with van der Waals surface area (Å²) in [5.74, 6) is -0.404. The van der Waals surface area contributed by atoms with Crippen molar-refractivity contribution in [1.82, 2.24) is 4.58 Å². The van der Waals surface area contributed by atoms with Gasteiger partial charge in [0.05, 0.1) is 37.3 Å². The highest BCUT2D eigenvalue weighted by Crippen LogP contribution is 2.44. The van der Waals surface area contributed by atoms with E-state index in [0.717, 1.165) is 36.7 Å². The number of hydrogen-bond acceptors (Lipinski definition) is 5. The van der Waals surface area contributed by atoms with Crippen LogP contribution in [-0.4, -0.2) is 38.2 Å². The summed E-state index contributed by atoms with van der Waals surface area (Å²) in [6.07, 6.45) is 1.32. The first-order valence-corrected chi connectivity index (χ1v) is 8.70. The fraction of sp³-hybridized carbons (Fsp3) is 0.182. The topological polar surface area (TPSA) is 102 Å². The molecule has 7 nitrogen and oxygen atoms in total. The van der Waals surface area contributed by atoms with E-state index in [2.05, 4.69) is 0 Å². The van der Waals surface area contributed by atoms with Crippen LogP contribution in [0.3, 0.4) is 0 Å². The Kier molecular flexibility index (Phi) is 5.40. The fourth-order valence-corrected chi connectivity index (χ4v) is 3.50. The van der Waals surface area contributed by atoms with E-state index in [-0.39, 0.29) is 6.42 Å². The third-order valence-corrected chi connectivity index (χ3v) is 4.92. The van der Waals surface area contributed by atoms with Crippen molar-refractivity contribution >= 4 is 35.4 Å². The zero-order valence-electron chi connectivity index (χ0n) is 15.9. The molecule has 2 aromatic carbocycles. The van der Waals surface area contributed by atoms with Crippen LogP contribution >= 0.6 is 0 Å². The lowest BCUT2D eigenvalue weighted by atomic mass is 9.78. The van der Waals surface area contributed by atoms with Gasteiger partial charge in [0.1, 0.15) is 6.07 Å². The molecule has 1 aliphatic heterocycles. The number of ether oxygens (including phenoxy) is 2. The Morgan fingerprint density at radius 1 is 1.03 bits per heavy atom. The van der Waals surface area contributed by atoms with Crippen LogP contribution in [0.25, 0.3) is 16.5 Å². The minimum atomic E-state index is -2.18. The number of carbonyl (C=O) groups is 2. The van der Waals surface area contributed by atoms with E-state index in [9.17, 15) is 20.3 Å². The molecule has 3 rings (SSSR count). The molecule has 0 aliphatic carbocycles. The summed E-state index contributed by atoms with van der Waals surface area (Å²) in [4.78, 5) is 25.2. The van der Waals surface area contributed by atoms with E-state index < -0.39 is 22.9 Å². The quantitative estimate of drug-likeness (QED) is 0.220. The minimum absolute atomic E-state index is 0.286. The van der Waals surface area contributed by atoms with Crippen molar-refractivity contribution in [3.63, 3.8) is 0 Å². The van der Waals surface area contributed by atoms with Crippen molar-refractivity contribution in [2.75, 3.05) is 14.2 Å². The van der Waals surface area contributed by atoms with E-state index >= 15 is 0 Å². The van der Waals surface area contributed by atoms with Crippen LogP contribution in [0.4, 0.5) is 11.4 Å². The van der Waals surface area contributed by atoms with E-state index in [1.807, 2.05) is 53.1 Å². The van der Waals surface area contributed by atoms with Gasteiger partial charge in [-0.05, 0) is 12.1 Å². The van der Waals surface area contributed by atoms with Gasteiger partial charge in [0.25, 0.3) is 0 Å². The molecular weight excluding hydrogens is 370 g/mol. The van der Waals surface area contributed by atoms with Crippen LogP contribution in [-0.2, 0) is 19.1 Å². The van der Waals surface area contributed by atoms with Crippen molar-refractivity contribution in [3.05, 3.63) is 59.5 Å². The summed E-state index contributed by atoms with van der Waals surface area (Å²) in [7, 11) is 2.18. The number of rotatable bonds is 5. The molecule has 0 bridgehead atoms. The lowest BCUT2D eigenvalue weighted by Gasteiger charge is -2.25. The number of methoxy groups -OCH3 is 2. The molecule has 29 heavy (non-hydrogen) atoms. The second-order valence-corrected chi connectivity index (χ2v) is 6.28. The Balaban J connectivity index is 2.21. The molecule has 144 valence electrons. The summed E-state index contributed by atoms with van der Waals surface area (Å²) in [6, 6.07) is 17.0. The van der Waals surface area contributed by atoms with Gasteiger partial charge in [-0.1, -0.05) is 24.3 Å². The van der Waals surface area contributed by atoms with Gasteiger partial charge in [-0.3, -0.25) is 15.5 Å². The summed E-state index contributed by atoms with van der Waals surface area (Å²) in [6.45, 7) is 0. The van der Waals surface area contributed by atoms with E-state index in [1.165, 1.54) is 0 Å². The highest BCUT2D eigenvalue weighted by atomic mass is 16.5. The standard InChI is InChI=1S/C22H17N3O4/c1-28-20(26)22(21(27)29-2,15(13-23)14-24)11-12-25-18-9-5-3-7-16(18)17-8-4-6-10-19(17)25/h3-10,12H,11H2,1-2H3. The monoisotopic (exact) mass is 387 g/mol. The van der Waals surface area contributed by atoms with Gasteiger partial charge in [-0.15, -0.1) is 0 Å². The predicted octanol–water partition coefficient (Wildman–Crippen LogP) is 2.98. The Morgan fingerprint density at radius 2 is 1.52 bits per heavy atom. The molecule has 1 heterocycles. The van der Waals surface area contributed by atoms with Crippen LogP contribution in [0.1, 0.15) is 6.42 Å². The summed E-state index contributed by atoms with van der Waals surface area (Å²) >= 11 is 0. The minimum Gasteiger partial charge on any atom is -0.762 e. The molecule has 0 radical (unpaired) electrons. The first-order chi connectivity index (χ1) is 14.0. The molecule has 0 fully saturated rings. The lowest BCUT2D eigenvalue weighted by Crippen LogP contribution is -2.43. The normalized spacial score (nSPS) is 11.4. The zero-order chi connectivity index (χ0) is 21.0. The predicted molar refractivity (Wildman–Crippen MR) is 108 cm³/mol. The summed E-state index contributed by atoms with van der Waals surface area (Å²) in [5, 5.41) is 18.8. The number of hydrogen-bond donors (Lipinski definition) is 0. The third-order valence-electron chi connectivity index (χ3n) is 4.92. The molecule has 0 amide bonds. The maximum absolute atomic E-state index is 12.6. The van der Waals surface area contributed by atoms with Crippen molar-refractivity contribution in [3.8, 4) is 17.2 Å². The fourth-order valence-electron chi connectivity index (χ4n) is 3.50. The lowest BCUT2D eigenvalue weighted by molar-refractivity contribution is -0.164. The van der Waals surface area contributed by atoms with E-state index in [4.69, 9.17) is 9.47 Å². The van der Waals surface area contributed by atoms with Gasteiger partial charge in [0.15, 0.2) is 6.21 Å². The molecule has 0 saturated carbocycles. The summed E-state index contributed by atoms with van der Waals surface area (Å²) < 4.78 is 11.4. The van der Waals surface area contributed by atoms with Gasteiger partial charge in [0.2, 0.25) is 16.8 Å². The van der Waals surface area contributed by atoms with Crippen LogP contribution in [0.2, 0.25) is 0 Å². The Labute approximate surface area is 167 Å². The maximum Gasteiger partial charge on any atom is 0.329 e. The van der Waals surface area contributed by atoms with Crippen LogP contribution < -0.4 is 4.58 Å². The molecular formula is C22H17N3O4. The van der Waals surface area contributed by atoms with Gasteiger partial charge in [-0.25, -0.2) is 0 Å². The first-order valence-electron chi connectivity index (χ1n) is 8.70. The smallest absolute Gasteiger partial charge is 0.329 e. The Hall–Kier alpha value is -4.01. The highest BCUT2D eigenvalue weighted by Gasteiger charge is 2.52. The van der Waals surface area contributed by atoms with Crippen molar-refractivity contribution < 1.29 is 19.1 Å². The largest absolute Gasteiger partial charge is 0.762 e. The Morgan fingerprint density at radius 3 is 1.93 bits per heavy atom. The van der Waals surface area contributed by atoms with Gasteiger partial charge in [0, 0.05) is 12.1 Å². The zero-order valence-corrected chi connectivity index (χ0v) is 15.9. The second kappa shape index (κ2) is 7.93. The number of benzene rings is 2. The van der Waals surface area contributed by atoms with Crippen molar-refractivity contribution in [2.45, 2.75) is 6.42 Å². The van der Waals surface area contributed by atoms with Gasteiger partial charge < -0.3 is 14.9 Å². The maximum atomic E-state index is 12.6. The number of esters is 2. The summed E-state index contributed by atoms with van der Waals surface area (Å²) in [5.41, 5.74) is 0.921. The van der Waals surface area contributed by atoms with Crippen LogP contribution in [0.5, 0.6) is 0 Å². The second-order valence-electron chi connectivity index (χ2n) is 6.28. The van der Waals surface area contributed by atoms with E-state index in [1.54, 1.807) is 18.2 Å². The number of para-hydroxylation sites is 2. The molecule has 0 unspecified atom stereocenters. The first kappa shape index (κ1) is 19.7. The molecule has 7 heteroatoms. The SMILES string of the molecule is COC(=O)C(CC=[N+]1c2ccccc2-c2ccccc21)(C(=O)OC)C(=C=[N-])C#N. The number of carbonyl (C=O) groups excluding carboxylic acids is 2. The molecule has 0 N–H and O–H groups in total. The molecule has 1 aliphatic rings. The molecule has 2 aromatic rings. The number of nitriles is 1. The van der Waals surface area contributed by atoms with Gasteiger partial charge >= 0.3 is 11.9 Å². The van der Waals surface area contributed by atoms with E-state index in [0.29, 0.717) is 0 Å². The third kappa shape index (κ3) is 3.02. The van der Waals surface area contributed by atoms with Crippen LogP contribution in [0, 0.1) is 16.7 Å². The highest BCUT2D eigenvalue weighted by molar-refractivity contribution is 6.09. The molecule has 0 aromatic heterocycles. The Bertz CT molecular complexity index is 1060. The van der Waals surface area contributed by atoms with Crippen LogP contribution in [0.15, 0.2) is 54.1 Å². The molecule has 0 spiro atoms. The molecule has 0 saturated heterocycles. The van der Waals surface area contributed by atoms with Crippen molar-refractivity contribution in [2.24, 2.45) is 5.41 Å². The number of nitrogens with zero attached hydrogens (tertiary/aromatic N) is 3. The van der Waals surface area contributed by atoms with Crippen molar-refractivity contribution in [1.29, 1.82) is 5.26 Å². The average molecular weight is 387 g/mol.